The minimum absolute atomic E-state index is 0.196. The minimum Gasteiger partial charge on any atom is -0.369 e. The summed E-state index contributed by atoms with van der Waals surface area (Å²) in [5, 5.41) is 13.5. The van der Waals surface area contributed by atoms with Crippen molar-refractivity contribution < 1.29 is 8.78 Å². The van der Waals surface area contributed by atoms with E-state index < -0.39 is 6.04 Å². The summed E-state index contributed by atoms with van der Waals surface area (Å²) in [6.45, 7) is 7.05. The molecule has 6 rings (SSSR count). The van der Waals surface area contributed by atoms with E-state index in [1.54, 1.807) is 28.9 Å². The first-order valence-electron chi connectivity index (χ1n) is 13.2. The van der Waals surface area contributed by atoms with Crippen LogP contribution < -0.4 is 10.5 Å². The van der Waals surface area contributed by atoms with Crippen LogP contribution in [0.5, 0.6) is 0 Å². The smallest absolute Gasteiger partial charge is 0.253 e. The van der Waals surface area contributed by atoms with Gasteiger partial charge in [-0.05, 0) is 101 Å². The van der Waals surface area contributed by atoms with E-state index in [4.69, 9.17) is 0 Å². The zero-order valence-electron chi connectivity index (χ0n) is 22.3. The van der Waals surface area contributed by atoms with E-state index in [1.165, 1.54) is 24.3 Å². The number of aromatic amines is 1. The van der Waals surface area contributed by atoms with Gasteiger partial charge < -0.3 is 9.88 Å². The third-order valence-electron chi connectivity index (χ3n) is 7.70. The van der Waals surface area contributed by atoms with Crippen molar-refractivity contribution in [2.45, 2.75) is 26.4 Å². The Morgan fingerprint density at radius 1 is 0.875 bits per heavy atom. The summed E-state index contributed by atoms with van der Waals surface area (Å²) >= 11 is 0. The van der Waals surface area contributed by atoms with Gasteiger partial charge in [-0.3, -0.25) is 9.69 Å². The maximum absolute atomic E-state index is 13.6. The van der Waals surface area contributed by atoms with E-state index in [9.17, 15) is 13.6 Å². The molecule has 3 heterocycles. The van der Waals surface area contributed by atoms with Crippen molar-refractivity contribution in [3.05, 3.63) is 117 Å². The standard InChI is InChI=1S/C30H29F2N7O/c1-19-15-22-17-26(30(40)33-27(22)16-20(19)2)28(29-34-35-36-39(29)18-21-3-5-23(31)6-4-21)38-13-11-37(12-14-38)25-9-7-24(32)8-10-25/h3-10,15-17,28H,11-14,18H2,1-2H3,(H,33,40). The molecular formula is C30H29F2N7O. The summed E-state index contributed by atoms with van der Waals surface area (Å²) in [6.07, 6.45) is 0. The lowest BCUT2D eigenvalue weighted by molar-refractivity contribution is 0.200. The molecule has 1 unspecified atom stereocenters. The number of nitrogens with one attached hydrogen (secondary N) is 1. The van der Waals surface area contributed by atoms with Crippen molar-refractivity contribution in [3.63, 3.8) is 0 Å². The Morgan fingerprint density at radius 2 is 1.52 bits per heavy atom. The van der Waals surface area contributed by atoms with Crippen LogP contribution in [0.15, 0.2) is 71.5 Å². The fourth-order valence-corrected chi connectivity index (χ4v) is 5.37. The fourth-order valence-electron chi connectivity index (χ4n) is 5.37. The van der Waals surface area contributed by atoms with Crippen molar-refractivity contribution in [3.8, 4) is 0 Å². The van der Waals surface area contributed by atoms with Crippen molar-refractivity contribution in [2.24, 2.45) is 0 Å². The van der Waals surface area contributed by atoms with Crippen molar-refractivity contribution in [2.75, 3.05) is 31.1 Å². The van der Waals surface area contributed by atoms with Crippen LogP contribution in [0.2, 0.25) is 0 Å². The number of hydrogen-bond donors (Lipinski definition) is 1. The number of fused-ring (bicyclic) bond motifs is 1. The van der Waals surface area contributed by atoms with Gasteiger partial charge in [-0.15, -0.1) is 5.10 Å². The first-order valence-corrected chi connectivity index (χ1v) is 13.2. The number of pyridine rings is 1. The Kier molecular flexibility index (Phi) is 6.85. The Morgan fingerprint density at radius 3 is 2.23 bits per heavy atom. The van der Waals surface area contributed by atoms with Crippen LogP contribution in [0.1, 0.15) is 34.1 Å². The van der Waals surface area contributed by atoms with Gasteiger partial charge >= 0.3 is 0 Å². The lowest BCUT2D eigenvalue weighted by Gasteiger charge is -2.39. The number of halogens is 2. The molecule has 2 aromatic heterocycles. The summed E-state index contributed by atoms with van der Waals surface area (Å²) in [7, 11) is 0. The summed E-state index contributed by atoms with van der Waals surface area (Å²) < 4.78 is 28.7. The maximum Gasteiger partial charge on any atom is 0.253 e. The van der Waals surface area contributed by atoms with E-state index in [1.807, 2.05) is 19.1 Å². The van der Waals surface area contributed by atoms with E-state index in [0.29, 0.717) is 44.1 Å². The number of aromatic nitrogens is 5. The highest BCUT2D eigenvalue weighted by Crippen LogP contribution is 2.30. The first-order chi connectivity index (χ1) is 19.4. The number of aryl methyl sites for hydroxylation is 2. The van der Waals surface area contributed by atoms with Gasteiger partial charge in [0.1, 0.15) is 17.7 Å². The van der Waals surface area contributed by atoms with E-state index >= 15 is 0 Å². The average molecular weight is 542 g/mol. The fraction of sp³-hybridized carbons (Fsp3) is 0.267. The number of rotatable bonds is 6. The quantitative estimate of drug-likeness (QED) is 0.344. The van der Waals surface area contributed by atoms with Crippen LogP contribution in [0.3, 0.4) is 0 Å². The molecule has 0 amide bonds. The third kappa shape index (κ3) is 5.10. The molecule has 1 fully saturated rings. The van der Waals surface area contributed by atoms with Crippen molar-refractivity contribution >= 4 is 16.6 Å². The molecule has 10 heteroatoms. The number of anilines is 1. The maximum atomic E-state index is 13.6. The highest BCUT2D eigenvalue weighted by Gasteiger charge is 2.33. The second-order valence-electron chi connectivity index (χ2n) is 10.3. The lowest BCUT2D eigenvalue weighted by Crippen LogP contribution is -2.49. The van der Waals surface area contributed by atoms with Crippen LogP contribution in [-0.2, 0) is 6.54 Å². The number of nitrogens with zero attached hydrogens (tertiary/aromatic N) is 6. The number of hydrogen-bond acceptors (Lipinski definition) is 6. The molecule has 0 spiro atoms. The van der Waals surface area contributed by atoms with Crippen LogP contribution in [0, 0.1) is 25.5 Å². The van der Waals surface area contributed by atoms with Gasteiger partial charge in [-0.25, -0.2) is 13.5 Å². The third-order valence-corrected chi connectivity index (χ3v) is 7.70. The molecule has 3 aromatic carbocycles. The van der Waals surface area contributed by atoms with Gasteiger partial charge in [-0.1, -0.05) is 12.1 Å². The van der Waals surface area contributed by atoms with Crippen molar-refractivity contribution in [1.29, 1.82) is 0 Å². The van der Waals surface area contributed by atoms with Gasteiger partial charge in [-0.2, -0.15) is 0 Å². The second-order valence-corrected chi connectivity index (χ2v) is 10.3. The summed E-state index contributed by atoms with van der Waals surface area (Å²) in [5.74, 6) is -0.0459. The Hall–Kier alpha value is -4.44. The largest absolute Gasteiger partial charge is 0.369 e. The van der Waals surface area contributed by atoms with Gasteiger partial charge in [0.05, 0.1) is 6.54 Å². The molecular weight excluding hydrogens is 512 g/mol. The van der Waals surface area contributed by atoms with Gasteiger partial charge in [0.2, 0.25) is 0 Å². The number of H-pyrrole nitrogens is 1. The van der Waals surface area contributed by atoms with E-state index in [-0.39, 0.29) is 17.2 Å². The highest BCUT2D eigenvalue weighted by molar-refractivity contribution is 5.81. The Balaban J connectivity index is 1.39. The first kappa shape index (κ1) is 25.8. The molecule has 0 aliphatic carbocycles. The molecule has 8 nitrogen and oxygen atoms in total. The lowest BCUT2D eigenvalue weighted by atomic mass is 10.00. The van der Waals surface area contributed by atoms with Gasteiger partial charge in [0.25, 0.3) is 5.56 Å². The van der Waals surface area contributed by atoms with Gasteiger partial charge in [0.15, 0.2) is 5.82 Å². The zero-order valence-corrected chi connectivity index (χ0v) is 22.3. The van der Waals surface area contributed by atoms with E-state index in [0.717, 1.165) is 33.3 Å². The highest BCUT2D eigenvalue weighted by atomic mass is 19.1. The van der Waals surface area contributed by atoms with Crippen LogP contribution in [-0.4, -0.2) is 56.3 Å². The number of benzene rings is 3. The summed E-state index contributed by atoms with van der Waals surface area (Å²) in [5.41, 5.74) is 5.17. The summed E-state index contributed by atoms with van der Waals surface area (Å²) in [4.78, 5) is 21.1. The molecule has 0 saturated carbocycles. The molecule has 0 radical (unpaired) electrons. The molecule has 1 aliphatic heterocycles. The van der Waals surface area contributed by atoms with Crippen LogP contribution >= 0.6 is 0 Å². The number of tetrazole rings is 1. The number of piperazine rings is 1. The molecule has 1 atom stereocenters. The molecule has 0 bridgehead atoms. The van der Waals surface area contributed by atoms with Crippen LogP contribution in [0.4, 0.5) is 14.5 Å². The van der Waals surface area contributed by atoms with Crippen molar-refractivity contribution in [1.82, 2.24) is 30.1 Å². The zero-order chi connectivity index (χ0) is 27.8. The Bertz CT molecular complexity index is 1710. The molecule has 5 aromatic rings. The second kappa shape index (κ2) is 10.6. The molecule has 1 aliphatic rings. The monoisotopic (exact) mass is 541 g/mol. The Labute approximate surface area is 229 Å². The minimum atomic E-state index is -0.513. The average Bonchev–Trinajstić information content (AvgIpc) is 3.40. The topological polar surface area (TPSA) is 82.9 Å². The van der Waals surface area contributed by atoms with Crippen LogP contribution in [0.25, 0.3) is 10.9 Å². The molecule has 1 N–H and O–H groups in total. The SMILES string of the molecule is Cc1cc2cc(C(c3nnnn3Cc3ccc(F)cc3)N3CCN(c4ccc(F)cc4)CC3)c(=O)[nH]c2cc1C. The summed E-state index contributed by atoms with van der Waals surface area (Å²) in [6, 6.07) is 18.2. The van der Waals surface area contributed by atoms with E-state index in [2.05, 4.69) is 43.3 Å². The normalized spacial score (nSPS) is 15.1. The van der Waals surface area contributed by atoms with Gasteiger partial charge in [0, 0.05) is 42.9 Å². The molecule has 40 heavy (non-hydrogen) atoms. The predicted octanol–water partition coefficient (Wildman–Crippen LogP) is 4.37. The molecule has 204 valence electrons. The molecule has 1 saturated heterocycles. The predicted molar refractivity (Wildman–Crippen MR) is 149 cm³/mol.